The molecular formula is C16H27N3O4S2. The number of nitrogens with zero attached hydrogens (tertiary/aromatic N) is 1. The van der Waals surface area contributed by atoms with Gasteiger partial charge in [0, 0.05) is 19.6 Å². The number of rotatable bonds is 8. The summed E-state index contributed by atoms with van der Waals surface area (Å²) in [4.78, 5) is -0.00428. The van der Waals surface area contributed by atoms with E-state index in [1.165, 1.54) is 28.6 Å². The van der Waals surface area contributed by atoms with Crippen LogP contribution in [0.1, 0.15) is 38.5 Å². The first-order chi connectivity index (χ1) is 11.9. The molecule has 0 radical (unpaired) electrons. The zero-order valence-electron chi connectivity index (χ0n) is 14.4. The normalized spacial score (nSPS) is 17.3. The van der Waals surface area contributed by atoms with Gasteiger partial charge >= 0.3 is 0 Å². The third kappa shape index (κ3) is 5.49. The van der Waals surface area contributed by atoms with Crippen molar-refractivity contribution in [3.8, 4) is 0 Å². The molecule has 1 fully saturated rings. The summed E-state index contributed by atoms with van der Waals surface area (Å²) in [6.07, 6.45) is 5.08. The van der Waals surface area contributed by atoms with E-state index in [4.69, 9.17) is 5.73 Å². The van der Waals surface area contributed by atoms with Crippen LogP contribution < -0.4 is 10.5 Å². The van der Waals surface area contributed by atoms with E-state index in [-0.39, 0.29) is 16.3 Å². The summed E-state index contributed by atoms with van der Waals surface area (Å²) >= 11 is 0. The van der Waals surface area contributed by atoms with Gasteiger partial charge in [0.25, 0.3) is 0 Å². The maximum absolute atomic E-state index is 12.8. The molecule has 0 atom stereocenters. The minimum atomic E-state index is -3.74. The van der Waals surface area contributed by atoms with Gasteiger partial charge in [-0.15, -0.1) is 0 Å². The highest BCUT2D eigenvalue weighted by Gasteiger charge is 2.26. The molecule has 1 aromatic rings. The second-order valence-electron chi connectivity index (χ2n) is 6.19. The average molecular weight is 390 g/mol. The molecule has 9 heteroatoms. The predicted octanol–water partition coefficient (Wildman–Crippen LogP) is 1.27. The third-order valence-electron chi connectivity index (χ3n) is 4.24. The maximum Gasteiger partial charge on any atom is 0.243 e. The molecule has 0 amide bonds. The van der Waals surface area contributed by atoms with Gasteiger partial charge in [-0.3, -0.25) is 0 Å². The maximum atomic E-state index is 12.8. The lowest BCUT2D eigenvalue weighted by Gasteiger charge is -2.20. The molecule has 0 bridgehead atoms. The fourth-order valence-corrected chi connectivity index (χ4v) is 5.55. The third-order valence-corrected chi connectivity index (χ3v) is 7.59. The Labute approximate surface area is 150 Å². The van der Waals surface area contributed by atoms with Gasteiger partial charge in [-0.05, 0) is 50.4 Å². The molecule has 0 aromatic heterocycles. The Morgan fingerprint density at radius 1 is 0.960 bits per heavy atom. The van der Waals surface area contributed by atoms with Crippen molar-refractivity contribution in [2.45, 2.75) is 48.3 Å². The molecule has 1 aliphatic rings. The van der Waals surface area contributed by atoms with Crippen LogP contribution in [0.5, 0.6) is 0 Å². The summed E-state index contributed by atoms with van der Waals surface area (Å²) in [6.45, 7) is 1.75. The number of sulfonamides is 2. The van der Waals surface area contributed by atoms with Gasteiger partial charge < -0.3 is 5.73 Å². The first-order valence-corrected chi connectivity index (χ1v) is 11.6. The van der Waals surface area contributed by atoms with Crippen LogP contribution in [-0.4, -0.2) is 47.3 Å². The van der Waals surface area contributed by atoms with Crippen molar-refractivity contribution >= 4 is 20.0 Å². The Balaban J connectivity index is 2.19. The smallest absolute Gasteiger partial charge is 0.243 e. The molecule has 2 rings (SSSR count). The monoisotopic (exact) mass is 389 g/mol. The Morgan fingerprint density at radius 3 is 2.24 bits per heavy atom. The molecule has 0 spiro atoms. The van der Waals surface area contributed by atoms with Gasteiger partial charge in [0.05, 0.1) is 9.79 Å². The molecule has 0 unspecified atom stereocenters. The van der Waals surface area contributed by atoms with Crippen molar-refractivity contribution in [2.75, 3.05) is 26.2 Å². The lowest BCUT2D eigenvalue weighted by molar-refractivity contribution is 0.423. The molecule has 1 heterocycles. The first-order valence-electron chi connectivity index (χ1n) is 8.68. The van der Waals surface area contributed by atoms with Crippen LogP contribution in [0.3, 0.4) is 0 Å². The summed E-state index contributed by atoms with van der Waals surface area (Å²) < 4.78 is 54.3. The second-order valence-corrected chi connectivity index (χ2v) is 9.89. The van der Waals surface area contributed by atoms with E-state index in [0.29, 0.717) is 26.1 Å². The van der Waals surface area contributed by atoms with E-state index in [9.17, 15) is 16.8 Å². The molecule has 1 saturated heterocycles. The fraction of sp³-hybridized carbons (Fsp3) is 0.625. The molecule has 1 aromatic carbocycles. The Kier molecular flexibility index (Phi) is 7.38. The lowest BCUT2D eigenvalue weighted by atomic mass is 10.2. The Hall–Kier alpha value is -1.00. The van der Waals surface area contributed by atoms with E-state index >= 15 is 0 Å². The molecule has 1 aliphatic heterocycles. The van der Waals surface area contributed by atoms with Crippen LogP contribution in [0, 0.1) is 0 Å². The summed E-state index contributed by atoms with van der Waals surface area (Å²) in [7, 11) is -7.41. The minimum absolute atomic E-state index is 0.0271. The number of benzene rings is 1. The first kappa shape index (κ1) is 20.3. The van der Waals surface area contributed by atoms with Gasteiger partial charge in [-0.25, -0.2) is 21.6 Å². The number of unbranched alkanes of at least 4 members (excludes halogenated alkanes) is 1. The van der Waals surface area contributed by atoms with Gasteiger partial charge in [0.15, 0.2) is 0 Å². The van der Waals surface area contributed by atoms with Crippen molar-refractivity contribution in [3.05, 3.63) is 24.3 Å². The molecule has 3 N–H and O–H groups in total. The summed E-state index contributed by atoms with van der Waals surface area (Å²) in [5.74, 6) is 0. The number of hydrogen-bond acceptors (Lipinski definition) is 5. The molecule has 0 aliphatic carbocycles. The molecule has 0 saturated carbocycles. The zero-order chi connectivity index (χ0) is 18.3. The van der Waals surface area contributed by atoms with Crippen LogP contribution in [-0.2, 0) is 20.0 Å². The zero-order valence-corrected chi connectivity index (χ0v) is 16.0. The van der Waals surface area contributed by atoms with Crippen LogP contribution in [0.25, 0.3) is 0 Å². The minimum Gasteiger partial charge on any atom is -0.330 e. The van der Waals surface area contributed by atoms with E-state index in [1.807, 2.05) is 0 Å². The van der Waals surface area contributed by atoms with Gasteiger partial charge in [-0.1, -0.05) is 18.9 Å². The van der Waals surface area contributed by atoms with Crippen molar-refractivity contribution in [1.82, 2.24) is 9.03 Å². The van der Waals surface area contributed by atoms with Gasteiger partial charge in [-0.2, -0.15) is 4.31 Å². The van der Waals surface area contributed by atoms with Crippen molar-refractivity contribution in [3.63, 3.8) is 0 Å². The SMILES string of the molecule is NCCCCNS(=O)(=O)c1cccc(S(=O)(=O)N2CCCCCC2)c1. The molecule has 25 heavy (non-hydrogen) atoms. The van der Waals surface area contributed by atoms with Crippen LogP contribution in [0.15, 0.2) is 34.1 Å². The topological polar surface area (TPSA) is 110 Å². The number of nitrogens with two attached hydrogens (primary N) is 1. The van der Waals surface area contributed by atoms with E-state index in [0.717, 1.165) is 32.1 Å². The number of hydrogen-bond donors (Lipinski definition) is 2. The van der Waals surface area contributed by atoms with Crippen LogP contribution >= 0.6 is 0 Å². The largest absolute Gasteiger partial charge is 0.330 e. The lowest BCUT2D eigenvalue weighted by Crippen LogP contribution is -2.32. The summed E-state index contributed by atoms with van der Waals surface area (Å²) in [6, 6.07) is 5.57. The Morgan fingerprint density at radius 2 is 1.60 bits per heavy atom. The van der Waals surface area contributed by atoms with Gasteiger partial charge in [0.1, 0.15) is 0 Å². The van der Waals surface area contributed by atoms with E-state index < -0.39 is 20.0 Å². The average Bonchev–Trinajstić information content (AvgIpc) is 2.89. The fourth-order valence-electron chi connectivity index (χ4n) is 2.79. The highest BCUT2D eigenvalue weighted by molar-refractivity contribution is 7.90. The second kappa shape index (κ2) is 9.09. The molecule has 7 nitrogen and oxygen atoms in total. The highest BCUT2D eigenvalue weighted by Crippen LogP contribution is 2.22. The molecular weight excluding hydrogens is 362 g/mol. The van der Waals surface area contributed by atoms with E-state index in [2.05, 4.69) is 4.72 Å². The molecule has 142 valence electrons. The summed E-state index contributed by atoms with van der Waals surface area (Å²) in [5.41, 5.74) is 5.39. The summed E-state index contributed by atoms with van der Waals surface area (Å²) in [5, 5.41) is 0. The standard InChI is InChI=1S/C16H27N3O4S2/c17-10-3-4-11-18-24(20,21)15-8-7-9-16(14-15)25(22,23)19-12-5-1-2-6-13-19/h7-9,14,18H,1-6,10-13,17H2. The quantitative estimate of drug-likeness (QED) is 0.651. The van der Waals surface area contributed by atoms with E-state index in [1.54, 1.807) is 0 Å². The Bertz CT molecular complexity index is 755. The number of nitrogens with one attached hydrogen (secondary N) is 1. The van der Waals surface area contributed by atoms with Crippen molar-refractivity contribution in [1.29, 1.82) is 0 Å². The highest BCUT2D eigenvalue weighted by atomic mass is 32.2. The van der Waals surface area contributed by atoms with Crippen LogP contribution in [0.4, 0.5) is 0 Å². The van der Waals surface area contributed by atoms with Crippen LogP contribution in [0.2, 0.25) is 0 Å². The van der Waals surface area contributed by atoms with Crippen molar-refractivity contribution < 1.29 is 16.8 Å². The predicted molar refractivity (Wildman–Crippen MR) is 97.1 cm³/mol. The van der Waals surface area contributed by atoms with Crippen molar-refractivity contribution in [2.24, 2.45) is 5.73 Å². The van der Waals surface area contributed by atoms with Gasteiger partial charge in [0.2, 0.25) is 20.0 Å².